The maximum absolute atomic E-state index is 12.2. The van der Waals surface area contributed by atoms with E-state index in [1.54, 1.807) is 0 Å². The third-order valence-corrected chi connectivity index (χ3v) is 4.46. The molecule has 0 aromatic heterocycles. The molecule has 144 valence electrons. The zero-order chi connectivity index (χ0) is 19.7. The molecular weight excluding hydrogens is 336 g/mol. The largest absolute Gasteiger partial charge is 0.356 e. The van der Waals surface area contributed by atoms with Gasteiger partial charge in [0.05, 0.1) is 0 Å². The van der Waals surface area contributed by atoms with E-state index in [0.717, 1.165) is 12.8 Å². The van der Waals surface area contributed by atoms with Crippen LogP contribution in [0.4, 0.5) is 0 Å². The van der Waals surface area contributed by atoms with E-state index in [-0.39, 0.29) is 23.7 Å². The highest BCUT2D eigenvalue weighted by Crippen LogP contribution is 2.22. The van der Waals surface area contributed by atoms with Crippen LogP contribution < -0.4 is 10.6 Å². The van der Waals surface area contributed by atoms with Gasteiger partial charge in [0.2, 0.25) is 5.91 Å². The van der Waals surface area contributed by atoms with Crippen molar-refractivity contribution >= 4 is 11.8 Å². The van der Waals surface area contributed by atoms with Crippen molar-refractivity contribution in [1.82, 2.24) is 10.6 Å². The molecule has 0 unspecified atom stereocenters. The number of hydrogen-bond acceptors (Lipinski definition) is 2. The fraction of sp³-hybridized carbons (Fsp3) is 0.391. The molecule has 4 heteroatoms. The molecular formula is C23H30N2O2. The van der Waals surface area contributed by atoms with Crippen molar-refractivity contribution < 1.29 is 9.59 Å². The van der Waals surface area contributed by atoms with Crippen LogP contribution in [0.15, 0.2) is 54.6 Å². The molecule has 0 saturated heterocycles. The van der Waals surface area contributed by atoms with Gasteiger partial charge >= 0.3 is 0 Å². The maximum Gasteiger partial charge on any atom is 0.251 e. The summed E-state index contributed by atoms with van der Waals surface area (Å²) in [6.07, 6.45) is 2.14. The van der Waals surface area contributed by atoms with Crippen molar-refractivity contribution in [2.24, 2.45) is 0 Å². The predicted octanol–water partition coefficient (Wildman–Crippen LogP) is 3.85. The van der Waals surface area contributed by atoms with Gasteiger partial charge in [0.25, 0.3) is 5.91 Å². The Morgan fingerprint density at radius 3 is 2.15 bits per heavy atom. The lowest BCUT2D eigenvalue weighted by molar-refractivity contribution is -0.120. The quantitative estimate of drug-likeness (QED) is 0.697. The topological polar surface area (TPSA) is 58.2 Å². The third kappa shape index (κ3) is 7.26. The SMILES string of the molecule is CC(C)(C)c1ccc(C(=O)NCCC(=O)NCCCc2ccccc2)cc1. The molecule has 0 atom stereocenters. The standard InChI is InChI=1S/C23H30N2O2/c1-23(2,3)20-13-11-19(12-14-20)22(27)25-17-15-21(26)24-16-7-10-18-8-5-4-6-9-18/h4-6,8-9,11-14H,7,10,15-17H2,1-3H3,(H,24,26)(H,25,27). The van der Waals surface area contributed by atoms with E-state index in [1.807, 2.05) is 42.5 Å². The van der Waals surface area contributed by atoms with Gasteiger partial charge in [-0.2, -0.15) is 0 Å². The van der Waals surface area contributed by atoms with Crippen LogP contribution in [0.2, 0.25) is 0 Å². The van der Waals surface area contributed by atoms with Crippen LogP contribution in [0.3, 0.4) is 0 Å². The number of rotatable bonds is 8. The second kappa shape index (κ2) is 9.91. The highest BCUT2D eigenvalue weighted by Gasteiger charge is 2.14. The fourth-order valence-corrected chi connectivity index (χ4v) is 2.77. The van der Waals surface area contributed by atoms with Gasteiger partial charge in [0, 0.05) is 25.1 Å². The average Bonchev–Trinajstić information content (AvgIpc) is 2.65. The summed E-state index contributed by atoms with van der Waals surface area (Å²) in [6.45, 7) is 7.40. The van der Waals surface area contributed by atoms with Crippen molar-refractivity contribution in [3.05, 3.63) is 71.3 Å². The van der Waals surface area contributed by atoms with Crippen LogP contribution in [0, 0.1) is 0 Å². The van der Waals surface area contributed by atoms with Gasteiger partial charge in [-0.15, -0.1) is 0 Å². The van der Waals surface area contributed by atoms with E-state index >= 15 is 0 Å². The van der Waals surface area contributed by atoms with Crippen LogP contribution >= 0.6 is 0 Å². The van der Waals surface area contributed by atoms with Gasteiger partial charge in [0.15, 0.2) is 0 Å². The summed E-state index contributed by atoms with van der Waals surface area (Å²) in [5.41, 5.74) is 3.14. The first kappa shape index (κ1) is 20.7. The van der Waals surface area contributed by atoms with E-state index in [2.05, 4.69) is 43.5 Å². The van der Waals surface area contributed by atoms with Crippen LogP contribution in [-0.2, 0) is 16.6 Å². The first-order valence-corrected chi connectivity index (χ1v) is 9.55. The Hall–Kier alpha value is -2.62. The Balaban J connectivity index is 1.63. The average molecular weight is 367 g/mol. The Morgan fingerprint density at radius 1 is 0.852 bits per heavy atom. The molecule has 4 nitrogen and oxygen atoms in total. The summed E-state index contributed by atoms with van der Waals surface area (Å²) in [6, 6.07) is 17.8. The highest BCUT2D eigenvalue weighted by atomic mass is 16.2. The van der Waals surface area contributed by atoms with Crippen molar-refractivity contribution in [3.63, 3.8) is 0 Å². The Kier molecular flexibility index (Phi) is 7.59. The lowest BCUT2D eigenvalue weighted by Crippen LogP contribution is -2.31. The first-order valence-electron chi connectivity index (χ1n) is 9.55. The van der Waals surface area contributed by atoms with E-state index in [4.69, 9.17) is 0 Å². The van der Waals surface area contributed by atoms with Gasteiger partial charge in [0.1, 0.15) is 0 Å². The summed E-state index contributed by atoms with van der Waals surface area (Å²) in [5.74, 6) is -0.182. The zero-order valence-corrected chi connectivity index (χ0v) is 16.5. The minimum absolute atomic E-state index is 0.0357. The van der Waals surface area contributed by atoms with Crippen molar-refractivity contribution in [2.45, 2.75) is 45.4 Å². The normalized spacial score (nSPS) is 11.1. The molecule has 0 heterocycles. The second-order valence-corrected chi connectivity index (χ2v) is 7.77. The molecule has 0 aliphatic rings. The number of nitrogens with one attached hydrogen (secondary N) is 2. The number of amides is 2. The summed E-state index contributed by atoms with van der Waals surface area (Å²) < 4.78 is 0. The number of carbonyl (C=O) groups excluding carboxylic acids is 2. The predicted molar refractivity (Wildman–Crippen MR) is 110 cm³/mol. The van der Waals surface area contributed by atoms with Gasteiger partial charge in [-0.05, 0) is 41.5 Å². The molecule has 0 fully saturated rings. The van der Waals surface area contributed by atoms with Crippen LogP contribution in [0.5, 0.6) is 0 Å². The molecule has 2 N–H and O–H groups in total. The van der Waals surface area contributed by atoms with Crippen LogP contribution in [-0.4, -0.2) is 24.9 Å². The molecule has 2 aromatic carbocycles. The minimum Gasteiger partial charge on any atom is -0.356 e. The molecule has 0 saturated carbocycles. The van der Waals surface area contributed by atoms with E-state index < -0.39 is 0 Å². The lowest BCUT2D eigenvalue weighted by Gasteiger charge is -2.19. The number of aryl methyl sites for hydroxylation is 1. The molecule has 0 radical (unpaired) electrons. The first-order chi connectivity index (χ1) is 12.9. The van der Waals surface area contributed by atoms with E-state index in [1.165, 1.54) is 11.1 Å². The molecule has 2 rings (SSSR count). The van der Waals surface area contributed by atoms with Gasteiger partial charge in [-0.1, -0.05) is 63.2 Å². The third-order valence-electron chi connectivity index (χ3n) is 4.46. The Labute approximate surface area is 162 Å². The van der Waals surface area contributed by atoms with Gasteiger partial charge in [-0.25, -0.2) is 0 Å². The Bertz CT molecular complexity index is 731. The van der Waals surface area contributed by atoms with Crippen LogP contribution in [0.1, 0.15) is 55.1 Å². The molecule has 0 aliphatic carbocycles. The fourth-order valence-electron chi connectivity index (χ4n) is 2.77. The van der Waals surface area contributed by atoms with Gasteiger partial charge in [-0.3, -0.25) is 9.59 Å². The molecule has 2 aromatic rings. The number of carbonyl (C=O) groups is 2. The summed E-state index contributed by atoms with van der Waals surface area (Å²) in [7, 11) is 0. The zero-order valence-electron chi connectivity index (χ0n) is 16.5. The highest BCUT2D eigenvalue weighted by molar-refractivity contribution is 5.94. The lowest BCUT2D eigenvalue weighted by atomic mass is 9.87. The van der Waals surface area contributed by atoms with Gasteiger partial charge < -0.3 is 10.6 Å². The molecule has 2 amide bonds. The van der Waals surface area contributed by atoms with Crippen molar-refractivity contribution in [3.8, 4) is 0 Å². The molecule has 0 spiro atoms. The number of benzene rings is 2. The summed E-state index contributed by atoms with van der Waals surface area (Å²) >= 11 is 0. The van der Waals surface area contributed by atoms with E-state index in [9.17, 15) is 9.59 Å². The smallest absolute Gasteiger partial charge is 0.251 e. The monoisotopic (exact) mass is 366 g/mol. The molecule has 27 heavy (non-hydrogen) atoms. The summed E-state index contributed by atoms with van der Waals surface area (Å²) in [4.78, 5) is 24.0. The van der Waals surface area contributed by atoms with Crippen LogP contribution in [0.25, 0.3) is 0 Å². The second-order valence-electron chi connectivity index (χ2n) is 7.77. The maximum atomic E-state index is 12.2. The van der Waals surface area contributed by atoms with E-state index in [0.29, 0.717) is 18.7 Å². The van der Waals surface area contributed by atoms with Crippen molar-refractivity contribution in [2.75, 3.05) is 13.1 Å². The summed E-state index contributed by atoms with van der Waals surface area (Å²) in [5, 5.41) is 5.70. The Morgan fingerprint density at radius 2 is 1.52 bits per heavy atom. The molecule has 0 aliphatic heterocycles. The number of hydrogen-bond donors (Lipinski definition) is 2. The minimum atomic E-state index is -0.146. The van der Waals surface area contributed by atoms with Crippen molar-refractivity contribution in [1.29, 1.82) is 0 Å². The molecule has 0 bridgehead atoms.